The molecule has 3 N–H and O–H groups in total. The van der Waals surface area contributed by atoms with Gasteiger partial charge in [0.05, 0.1) is 17.1 Å². The largest absolute Gasteiger partial charge is 0.448 e. The zero-order valence-electron chi connectivity index (χ0n) is 15.9. The highest BCUT2D eigenvalue weighted by molar-refractivity contribution is 7.13. The summed E-state index contributed by atoms with van der Waals surface area (Å²) in [5.41, 5.74) is 2.84. The van der Waals surface area contributed by atoms with E-state index in [1.807, 2.05) is 31.2 Å². The third-order valence-electron chi connectivity index (χ3n) is 5.61. The lowest BCUT2D eigenvalue weighted by Gasteiger charge is -2.40. The zero-order chi connectivity index (χ0) is 19.8. The number of nitrogens with zero attached hydrogens (tertiary/aromatic N) is 4. The normalized spacial score (nSPS) is 25.7. The van der Waals surface area contributed by atoms with Crippen molar-refractivity contribution in [2.75, 3.05) is 10.6 Å². The Bertz CT molecular complexity index is 957. The number of aliphatic imine (C=N–C) groups is 2. The molecule has 10 heteroatoms. The van der Waals surface area contributed by atoms with Crippen LogP contribution in [0, 0.1) is 5.92 Å². The van der Waals surface area contributed by atoms with Gasteiger partial charge in [-0.15, -0.1) is 10.2 Å². The molecule has 29 heavy (non-hydrogen) atoms. The van der Waals surface area contributed by atoms with Crippen molar-refractivity contribution in [1.29, 1.82) is 0 Å². The second-order valence-corrected chi connectivity index (χ2v) is 8.30. The Hall–Kier alpha value is -3.01. The van der Waals surface area contributed by atoms with Gasteiger partial charge < -0.3 is 15.4 Å². The molecule has 1 aromatic heterocycles. The number of aromatic nitrogens is 2. The summed E-state index contributed by atoms with van der Waals surface area (Å²) in [5, 5.41) is 17.8. The smallest absolute Gasteiger partial charge is 0.271 e. The highest BCUT2D eigenvalue weighted by atomic mass is 32.1. The summed E-state index contributed by atoms with van der Waals surface area (Å²) in [6, 6.07) is 7.72. The Morgan fingerprint density at radius 2 is 2.17 bits per heavy atom. The predicted molar refractivity (Wildman–Crippen MR) is 111 cm³/mol. The molecular formula is C19H21N7O2S. The van der Waals surface area contributed by atoms with E-state index in [-0.39, 0.29) is 11.8 Å². The number of fused-ring (bicyclic) bond motifs is 1. The lowest BCUT2D eigenvalue weighted by atomic mass is 9.77. The summed E-state index contributed by atoms with van der Waals surface area (Å²) < 4.78 is 5.84. The van der Waals surface area contributed by atoms with E-state index in [1.54, 1.807) is 5.51 Å². The third-order valence-corrected chi connectivity index (χ3v) is 6.21. The SMILES string of the molecule is CC1=NC(=NC2Nc3ccccc3O2)NC2(CCCC2)C1C(=O)Nc1nncs1. The summed E-state index contributed by atoms with van der Waals surface area (Å²) in [6.45, 7) is 1.89. The maximum atomic E-state index is 13.1. The highest BCUT2D eigenvalue weighted by Crippen LogP contribution is 2.40. The van der Waals surface area contributed by atoms with Crippen molar-refractivity contribution in [2.45, 2.75) is 44.5 Å². The minimum absolute atomic E-state index is 0.112. The van der Waals surface area contributed by atoms with Crippen LogP contribution in [0.5, 0.6) is 5.75 Å². The predicted octanol–water partition coefficient (Wildman–Crippen LogP) is 2.61. The van der Waals surface area contributed by atoms with Crippen LogP contribution in [0.2, 0.25) is 0 Å². The molecule has 9 nitrogen and oxygen atoms in total. The van der Waals surface area contributed by atoms with Gasteiger partial charge in [0.1, 0.15) is 11.3 Å². The maximum Gasteiger partial charge on any atom is 0.271 e. The number of amides is 1. The molecule has 2 atom stereocenters. The molecule has 5 rings (SSSR count). The van der Waals surface area contributed by atoms with Crippen molar-refractivity contribution in [1.82, 2.24) is 15.5 Å². The Morgan fingerprint density at radius 3 is 2.93 bits per heavy atom. The molecule has 0 bridgehead atoms. The number of anilines is 2. The molecule has 1 aromatic carbocycles. The summed E-state index contributed by atoms with van der Waals surface area (Å²) in [7, 11) is 0. The molecule has 3 aliphatic rings. The first kappa shape index (κ1) is 18.0. The molecule has 2 aromatic rings. The van der Waals surface area contributed by atoms with Crippen LogP contribution in [0.3, 0.4) is 0 Å². The third kappa shape index (κ3) is 3.33. The van der Waals surface area contributed by atoms with Crippen molar-refractivity contribution in [2.24, 2.45) is 15.9 Å². The quantitative estimate of drug-likeness (QED) is 0.716. The average Bonchev–Trinajstić information content (AvgIpc) is 3.42. The van der Waals surface area contributed by atoms with E-state index in [0.29, 0.717) is 11.1 Å². The van der Waals surface area contributed by atoms with E-state index in [9.17, 15) is 4.79 Å². The second-order valence-electron chi connectivity index (χ2n) is 7.47. The summed E-state index contributed by atoms with van der Waals surface area (Å²) >= 11 is 1.30. The van der Waals surface area contributed by atoms with Crippen molar-refractivity contribution in [3.8, 4) is 5.75 Å². The fourth-order valence-electron chi connectivity index (χ4n) is 4.42. The van der Waals surface area contributed by atoms with Crippen LogP contribution in [0.25, 0.3) is 0 Å². The number of carbonyl (C=O) groups is 1. The first-order valence-corrected chi connectivity index (χ1v) is 10.5. The van der Waals surface area contributed by atoms with Gasteiger partial charge in [-0.2, -0.15) is 4.99 Å². The minimum Gasteiger partial charge on any atom is -0.448 e. The van der Waals surface area contributed by atoms with E-state index < -0.39 is 11.9 Å². The number of ether oxygens (including phenoxy) is 1. The first-order chi connectivity index (χ1) is 14.1. The Balaban J connectivity index is 1.41. The highest BCUT2D eigenvalue weighted by Gasteiger charge is 2.49. The van der Waals surface area contributed by atoms with Gasteiger partial charge in [0.2, 0.25) is 17.0 Å². The van der Waals surface area contributed by atoms with Crippen LogP contribution in [0.15, 0.2) is 39.8 Å². The number of hydrogen-bond acceptors (Lipinski definition) is 7. The number of carbonyl (C=O) groups excluding carboxylic acids is 1. The molecule has 0 radical (unpaired) electrons. The van der Waals surface area contributed by atoms with Crippen molar-refractivity contribution in [3.05, 3.63) is 29.8 Å². The van der Waals surface area contributed by atoms with Crippen LogP contribution < -0.4 is 20.7 Å². The topological polar surface area (TPSA) is 113 Å². The number of benzene rings is 1. The van der Waals surface area contributed by atoms with E-state index in [1.165, 1.54) is 11.3 Å². The van der Waals surface area contributed by atoms with Crippen molar-refractivity contribution >= 4 is 39.7 Å². The molecule has 2 aliphatic heterocycles. The molecule has 1 saturated carbocycles. The summed E-state index contributed by atoms with van der Waals surface area (Å²) in [4.78, 5) is 22.3. The summed E-state index contributed by atoms with van der Waals surface area (Å²) in [5.74, 6) is 0.763. The second kappa shape index (κ2) is 7.11. The lowest BCUT2D eigenvalue weighted by molar-refractivity contribution is -0.119. The molecule has 1 aliphatic carbocycles. The Morgan fingerprint density at radius 1 is 1.34 bits per heavy atom. The van der Waals surface area contributed by atoms with Gasteiger partial charge in [-0.1, -0.05) is 36.3 Å². The fourth-order valence-corrected chi connectivity index (χ4v) is 4.87. The van der Waals surface area contributed by atoms with Gasteiger partial charge in [0.15, 0.2) is 0 Å². The van der Waals surface area contributed by atoms with Gasteiger partial charge in [-0.25, -0.2) is 4.99 Å². The van der Waals surface area contributed by atoms with Gasteiger partial charge in [0.25, 0.3) is 6.35 Å². The Kier molecular flexibility index (Phi) is 4.42. The van der Waals surface area contributed by atoms with E-state index >= 15 is 0 Å². The molecule has 150 valence electrons. The van der Waals surface area contributed by atoms with Crippen LogP contribution in [-0.2, 0) is 4.79 Å². The maximum absolute atomic E-state index is 13.1. The molecular weight excluding hydrogens is 390 g/mol. The van der Waals surface area contributed by atoms with Crippen molar-refractivity contribution in [3.63, 3.8) is 0 Å². The number of hydrogen-bond donors (Lipinski definition) is 3. The van der Waals surface area contributed by atoms with Crippen LogP contribution in [0.1, 0.15) is 32.6 Å². The van der Waals surface area contributed by atoms with Crippen LogP contribution in [0.4, 0.5) is 10.8 Å². The van der Waals surface area contributed by atoms with Gasteiger partial charge >= 0.3 is 0 Å². The minimum atomic E-state index is -0.545. The molecule has 3 heterocycles. The fraction of sp³-hybridized carbons (Fsp3) is 0.421. The zero-order valence-corrected chi connectivity index (χ0v) is 16.7. The number of guanidine groups is 1. The van der Waals surface area contributed by atoms with Crippen LogP contribution >= 0.6 is 11.3 Å². The van der Waals surface area contributed by atoms with Gasteiger partial charge in [0, 0.05) is 5.71 Å². The first-order valence-electron chi connectivity index (χ1n) is 9.63. The standard InChI is InChI=1S/C19H21N7O2S/c1-11-14(15(27)23-18-26-20-10-29-18)19(8-4-5-9-19)25-16(21-11)24-17-22-12-6-2-3-7-13(12)28-17/h2-3,6-7,10,14,17,22H,4-5,8-9H2,1H3,(H,24,25)(H,23,26,27). The molecule has 2 unspecified atom stereocenters. The van der Waals surface area contributed by atoms with E-state index in [4.69, 9.17) is 4.74 Å². The average molecular weight is 411 g/mol. The lowest BCUT2D eigenvalue weighted by Crippen LogP contribution is -2.60. The van der Waals surface area contributed by atoms with E-state index in [2.05, 4.69) is 36.1 Å². The van der Waals surface area contributed by atoms with Crippen LogP contribution in [-0.4, -0.2) is 39.7 Å². The molecule has 1 amide bonds. The molecule has 0 saturated heterocycles. The van der Waals surface area contributed by atoms with E-state index in [0.717, 1.165) is 42.8 Å². The monoisotopic (exact) mass is 411 g/mol. The van der Waals surface area contributed by atoms with Crippen molar-refractivity contribution < 1.29 is 9.53 Å². The number of nitrogens with one attached hydrogen (secondary N) is 3. The number of para-hydroxylation sites is 2. The Labute approximate surface area is 171 Å². The summed E-state index contributed by atoms with van der Waals surface area (Å²) in [6.07, 6.45) is 3.33. The molecule has 1 fully saturated rings. The van der Waals surface area contributed by atoms with Gasteiger partial charge in [-0.3, -0.25) is 10.1 Å². The molecule has 1 spiro atoms. The number of rotatable bonds is 3. The van der Waals surface area contributed by atoms with Gasteiger partial charge in [-0.05, 0) is 31.9 Å².